The Bertz CT molecular complexity index is 1920. The Labute approximate surface area is 269 Å². The third kappa shape index (κ3) is 8.40. The van der Waals surface area contributed by atoms with E-state index in [-0.39, 0.29) is 33.9 Å². The number of anilines is 3. The maximum Gasteiger partial charge on any atom is 0.339 e. The molecule has 0 bridgehead atoms. The van der Waals surface area contributed by atoms with E-state index >= 15 is 0 Å². The molecule has 0 radical (unpaired) electrons. The first-order valence-corrected chi connectivity index (χ1v) is 14.5. The highest BCUT2D eigenvalue weighted by molar-refractivity contribution is 7.80. The molecule has 0 amide bonds. The first-order chi connectivity index (χ1) is 21.8. The van der Waals surface area contributed by atoms with E-state index in [1.807, 2.05) is 49.4 Å². The van der Waals surface area contributed by atoms with E-state index in [1.165, 1.54) is 6.07 Å². The van der Waals surface area contributed by atoms with Crippen LogP contribution in [0.25, 0.3) is 11.0 Å². The summed E-state index contributed by atoms with van der Waals surface area (Å²) in [7, 11) is 3.18. The lowest BCUT2D eigenvalue weighted by atomic mass is 10.1. The van der Waals surface area contributed by atoms with Gasteiger partial charge in [0.05, 0.1) is 25.7 Å². The predicted molar refractivity (Wildman–Crippen MR) is 181 cm³/mol. The van der Waals surface area contributed by atoms with Gasteiger partial charge in [0.25, 0.3) is 0 Å². The van der Waals surface area contributed by atoms with Crippen molar-refractivity contribution in [3.05, 3.63) is 94.3 Å². The smallest absolute Gasteiger partial charge is 0.339 e. The minimum absolute atomic E-state index is 0.0769. The molecule has 0 aliphatic rings. The van der Waals surface area contributed by atoms with E-state index < -0.39 is 5.63 Å². The van der Waals surface area contributed by atoms with Crippen LogP contribution in [0.15, 0.2) is 82.0 Å². The largest absolute Gasteiger partial charge is 0.493 e. The zero-order valence-electron chi connectivity index (χ0n) is 24.5. The third-order valence-electron chi connectivity index (χ3n) is 6.30. The summed E-state index contributed by atoms with van der Waals surface area (Å²) in [4.78, 5) is 25.3. The number of rotatable bonds is 10. The van der Waals surface area contributed by atoms with Crippen molar-refractivity contribution < 1.29 is 18.6 Å². The summed E-state index contributed by atoms with van der Waals surface area (Å²) >= 11 is 11.0. The highest BCUT2D eigenvalue weighted by Gasteiger charge is 2.15. The van der Waals surface area contributed by atoms with Crippen molar-refractivity contribution >= 4 is 63.2 Å². The molecule has 3 aromatic carbocycles. The van der Waals surface area contributed by atoms with Gasteiger partial charge in [-0.2, -0.15) is 15.0 Å². The fourth-order valence-electron chi connectivity index (χ4n) is 4.27. The minimum Gasteiger partial charge on any atom is -0.493 e. The van der Waals surface area contributed by atoms with Crippen LogP contribution >= 0.6 is 24.4 Å². The molecule has 4 N–H and O–H groups in total. The normalized spacial score (nSPS) is 10.6. The fourth-order valence-corrected chi connectivity index (χ4v) is 4.67. The number of nitrogens with one attached hydrogen (secondary N) is 4. The number of nitrogens with zero attached hydrogens (tertiary/aromatic N) is 3. The lowest BCUT2D eigenvalue weighted by molar-refractivity contribution is 0.354. The topological polar surface area (TPSA) is 145 Å². The summed E-state index contributed by atoms with van der Waals surface area (Å²) in [6, 6.07) is 21.5. The number of ether oxygens (including phenoxy) is 3. The van der Waals surface area contributed by atoms with Crippen LogP contribution in [0.5, 0.6) is 23.3 Å². The third-order valence-corrected chi connectivity index (χ3v) is 6.75. The molecule has 0 spiro atoms. The highest BCUT2D eigenvalue weighted by Crippen LogP contribution is 2.28. The van der Waals surface area contributed by atoms with Gasteiger partial charge in [-0.3, -0.25) is 0 Å². The van der Waals surface area contributed by atoms with E-state index in [0.29, 0.717) is 35.4 Å². The number of fused-ring (bicyclic) bond motifs is 1. The number of hydrogen-bond acceptors (Lipinski definition) is 10. The lowest BCUT2D eigenvalue weighted by Gasteiger charge is -2.14. The Morgan fingerprint density at radius 2 is 1.56 bits per heavy atom. The molecule has 0 atom stereocenters. The highest BCUT2D eigenvalue weighted by atomic mass is 32.1. The molecule has 14 heteroatoms. The van der Waals surface area contributed by atoms with Gasteiger partial charge in [0, 0.05) is 12.2 Å². The molecule has 45 heavy (non-hydrogen) atoms. The molecule has 2 heterocycles. The number of hydrogen-bond donors (Lipinski definition) is 4. The number of para-hydroxylation sites is 1. The van der Waals surface area contributed by atoms with Gasteiger partial charge < -0.3 is 39.9 Å². The summed E-state index contributed by atoms with van der Waals surface area (Å²) in [5.41, 5.74) is 2.65. The molecule has 230 valence electrons. The van der Waals surface area contributed by atoms with Gasteiger partial charge in [-0.05, 0) is 85.3 Å². The predicted octanol–water partition coefficient (Wildman–Crippen LogP) is 5.43. The summed E-state index contributed by atoms with van der Waals surface area (Å²) in [6.07, 6.45) is 0.656. The van der Waals surface area contributed by atoms with Crippen molar-refractivity contribution in [3.8, 4) is 23.3 Å². The van der Waals surface area contributed by atoms with Crippen molar-refractivity contribution in [2.24, 2.45) is 0 Å². The number of benzene rings is 3. The van der Waals surface area contributed by atoms with E-state index in [0.717, 1.165) is 16.8 Å². The van der Waals surface area contributed by atoms with Gasteiger partial charge in [0.2, 0.25) is 11.9 Å². The van der Waals surface area contributed by atoms with Crippen LogP contribution in [-0.4, -0.2) is 45.9 Å². The number of methoxy groups -OCH3 is 2. The molecule has 5 rings (SSSR count). The van der Waals surface area contributed by atoms with Crippen LogP contribution in [0.4, 0.5) is 17.6 Å². The number of thiocarbonyl (C=S) groups is 2. The van der Waals surface area contributed by atoms with Crippen molar-refractivity contribution in [1.82, 2.24) is 20.3 Å². The van der Waals surface area contributed by atoms with Crippen LogP contribution in [0.2, 0.25) is 0 Å². The first kappa shape index (κ1) is 31.1. The second-order valence-electron chi connectivity index (χ2n) is 9.56. The van der Waals surface area contributed by atoms with Gasteiger partial charge in [-0.25, -0.2) is 4.79 Å². The van der Waals surface area contributed by atoms with Crippen molar-refractivity contribution in [2.75, 3.05) is 36.7 Å². The van der Waals surface area contributed by atoms with Gasteiger partial charge in [-0.1, -0.05) is 30.3 Å². The quantitative estimate of drug-likeness (QED) is 0.113. The van der Waals surface area contributed by atoms with Crippen LogP contribution in [0.3, 0.4) is 0 Å². The SMILES string of the molecule is COc1ccc(CCNC(=S)Nc2nc(NC(=S)Nc3cccc(C)c3)nc(Oc3cc(=O)oc4ccccc34)n2)cc1OC. The summed E-state index contributed by atoms with van der Waals surface area (Å²) in [5.74, 6) is 1.67. The van der Waals surface area contributed by atoms with Crippen molar-refractivity contribution in [3.63, 3.8) is 0 Å². The standard InChI is InChI=1S/C31H29N7O5S2/c1-18-7-6-8-20(15-18)33-31(45)38-28-34-27(37-30(44)32-14-13-19-11-12-23(40-2)25(16-19)41-3)35-29(36-28)43-24-17-26(39)42-22-10-5-4-9-21(22)24/h4-12,15-17H,13-14H2,1-3H3,(H4,32,33,34,35,36,37,38,44,45). The average molecular weight is 644 g/mol. The Hall–Kier alpha value is -5.34. The molecule has 12 nitrogen and oxygen atoms in total. The van der Waals surface area contributed by atoms with E-state index in [9.17, 15) is 4.79 Å². The lowest BCUT2D eigenvalue weighted by Crippen LogP contribution is -2.31. The molecular formula is C31H29N7O5S2. The zero-order chi connectivity index (χ0) is 31.8. The molecular weight excluding hydrogens is 615 g/mol. The minimum atomic E-state index is -0.585. The molecule has 0 aliphatic carbocycles. The monoisotopic (exact) mass is 643 g/mol. The second kappa shape index (κ2) is 14.4. The molecule has 5 aromatic rings. The fraction of sp³-hybridized carbons (Fsp3) is 0.161. The van der Waals surface area contributed by atoms with Gasteiger partial charge in [0.15, 0.2) is 21.7 Å². The second-order valence-corrected chi connectivity index (χ2v) is 10.4. The van der Waals surface area contributed by atoms with E-state index in [1.54, 1.807) is 38.5 Å². The molecule has 0 fully saturated rings. The number of aryl methyl sites for hydroxylation is 1. The molecule has 0 aliphatic heterocycles. The molecule has 0 saturated carbocycles. The van der Waals surface area contributed by atoms with E-state index in [2.05, 4.69) is 36.2 Å². The summed E-state index contributed by atoms with van der Waals surface area (Å²) in [5, 5.41) is 13.2. The van der Waals surface area contributed by atoms with Crippen LogP contribution in [0, 0.1) is 6.92 Å². The Morgan fingerprint density at radius 1 is 0.800 bits per heavy atom. The van der Waals surface area contributed by atoms with Gasteiger partial charge in [-0.15, -0.1) is 0 Å². The zero-order valence-corrected chi connectivity index (χ0v) is 26.2. The Balaban J connectivity index is 1.33. The van der Waals surface area contributed by atoms with Crippen molar-refractivity contribution in [2.45, 2.75) is 13.3 Å². The van der Waals surface area contributed by atoms with E-state index in [4.69, 9.17) is 43.1 Å². The number of aromatic nitrogens is 3. The van der Waals surface area contributed by atoms with Gasteiger partial charge >= 0.3 is 11.6 Å². The maximum absolute atomic E-state index is 12.2. The van der Waals surface area contributed by atoms with Crippen LogP contribution in [-0.2, 0) is 6.42 Å². The van der Waals surface area contributed by atoms with Crippen molar-refractivity contribution in [1.29, 1.82) is 0 Å². The average Bonchev–Trinajstić information content (AvgIpc) is 3.00. The van der Waals surface area contributed by atoms with Gasteiger partial charge in [0.1, 0.15) is 11.3 Å². The Kier molecular flexibility index (Phi) is 9.97. The van der Waals surface area contributed by atoms with Crippen LogP contribution in [0.1, 0.15) is 11.1 Å². The Morgan fingerprint density at radius 3 is 2.31 bits per heavy atom. The molecule has 0 saturated heterocycles. The molecule has 0 unspecified atom stereocenters. The van der Waals surface area contributed by atoms with Crippen LogP contribution < -0.4 is 41.1 Å². The maximum atomic E-state index is 12.2. The summed E-state index contributed by atoms with van der Waals surface area (Å²) in [6.45, 7) is 2.49. The first-order valence-electron chi connectivity index (χ1n) is 13.7. The summed E-state index contributed by atoms with van der Waals surface area (Å²) < 4.78 is 21.9. The molecule has 2 aromatic heterocycles.